The minimum absolute atomic E-state index is 0.138. The molecule has 0 radical (unpaired) electrons. The van der Waals surface area contributed by atoms with E-state index in [-0.39, 0.29) is 17.9 Å². The van der Waals surface area contributed by atoms with Crippen molar-refractivity contribution in [1.82, 2.24) is 19.9 Å². The third-order valence-electron chi connectivity index (χ3n) is 4.47. The average Bonchev–Trinajstić information content (AvgIpc) is 2.75. The number of amides is 1. The second-order valence-electron chi connectivity index (χ2n) is 6.69. The third-order valence-corrected chi connectivity index (χ3v) is 5.36. The van der Waals surface area contributed by atoms with Crippen LogP contribution in [-0.2, 0) is 11.2 Å². The van der Waals surface area contributed by atoms with Crippen molar-refractivity contribution in [2.75, 3.05) is 5.32 Å². The fourth-order valence-electron chi connectivity index (χ4n) is 2.98. The lowest BCUT2D eigenvalue weighted by Gasteiger charge is -2.10. The number of hydrogen-bond acceptors (Lipinski definition) is 6. The fourth-order valence-corrected chi connectivity index (χ4v) is 3.79. The minimum Gasteiger partial charge on any atom is -0.326 e. The number of nitrogens with zero attached hydrogens (tertiary/aromatic N) is 3. The Balaban J connectivity index is 1.39. The first-order valence-electron chi connectivity index (χ1n) is 9.42. The van der Waals surface area contributed by atoms with Gasteiger partial charge in [0.2, 0.25) is 5.91 Å². The summed E-state index contributed by atoms with van der Waals surface area (Å²) in [7, 11) is 0. The maximum Gasteiger partial charge on any atom is 0.258 e. The van der Waals surface area contributed by atoms with E-state index in [1.54, 1.807) is 36.7 Å². The number of para-hydroxylation sites is 1. The SMILES string of the molecule is Cc1cc(Sc2ncccn2)ccc1NC(=O)CCc1nc2ccccc2c(=O)[nH]1. The lowest BCUT2D eigenvalue weighted by Crippen LogP contribution is -2.16. The van der Waals surface area contributed by atoms with Crippen LogP contribution >= 0.6 is 11.8 Å². The summed E-state index contributed by atoms with van der Waals surface area (Å²) in [5.41, 5.74) is 2.13. The van der Waals surface area contributed by atoms with Crippen LogP contribution in [0, 0.1) is 6.92 Å². The van der Waals surface area contributed by atoms with Crippen molar-refractivity contribution in [3.05, 3.63) is 82.7 Å². The van der Waals surface area contributed by atoms with E-state index >= 15 is 0 Å². The van der Waals surface area contributed by atoms with Crippen LogP contribution in [0.1, 0.15) is 17.8 Å². The van der Waals surface area contributed by atoms with Crippen LogP contribution in [-0.4, -0.2) is 25.8 Å². The van der Waals surface area contributed by atoms with Gasteiger partial charge in [-0.2, -0.15) is 0 Å². The molecule has 2 aromatic carbocycles. The van der Waals surface area contributed by atoms with Crippen molar-refractivity contribution in [3.8, 4) is 0 Å². The Morgan fingerprint density at radius 3 is 2.70 bits per heavy atom. The molecular formula is C22H19N5O2S. The summed E-state index contributed by atoms with van der Waals surface area (Å²) >= 11 is 1.46. The van der Waals surface area contributed by atoms with E-state index < -0.39 is 0 Å². The van der Waals surface area contributed by atoms with Crippen LogP contribution < -0.4 is 10.9 Å². The molecule has 0 unspecified atom stereocenters. The van der Waals surface area contributed by atoms with Gasteiger partial charge in [-0.15, -0.1) is 0 Å². The molecule has 4 aromatic rings. The molecule has 4 rings (SSSR count). The van der Waals surface area contributed by atoms with Crippen LogP contribution in [0.3, 0.4) is 0 Å². The molecule has 2 N–H and O–H groups in total. The molecule has 0 fully saturated rings. The van der Waals surface area contributed by atoms with Gasteiger partial charge in [-0.05, 0) is 60.6 Å². The van der Waals surface area contributed by atoms with Crippen LogP contribution in [0.4, 0.5) is 5.69 Å². The van der Waals surface area contributed by atoms with Gasteiger partial charge in [0, 0.05) is 35.8 Å². The summed E-state index contributed by atoms with van der Waals surface area (Å²) in [4.78, 5) is 41.1. The highest BCUT2D eigenvalue weighted by Crippen LogP contribution is 2.28. The maximum atomic E-state index is 12.4. The number of H-pyrrole nitrogens is 1. The predicted octanol–water partition coefficient (Wildman–Crippen LogP) is 3.74. The zero-order chi connectivity index (χ0) is 20.9. The van der Waals surface area contributed by atoms with Crippen molar-refractivity contribution >= 4 is 34.3 Å². The summed E-state index contributed by atoms with van der Waals surface area (Å²) in [6, 6.07) is 14.7. The predicted molar refractivity (Wildman–Crippen MR) is 117 cm³/mol. The Hall–Kier alpha value is -3.52. The van der Waals surface area contributed by atoms with Crippen LogP contribution in [0.15, 0.2) is 75.8 Å². The van der Waals surface area contributed by atoms with Crippen molar-refractivity contribution in [2.45, 2.75) is 29.8 Å². The van der Waals surface area contributed by atoms with Crippen molar-refractivity contribution in [1.29, 1.82) is 0 Å². The van der Waals surface area contributed by atoms with E-state index in [0.717, 1.165) is 16.1 Å². The number of carbonyl (C=O) groups is 1. The third kappa shape index (κ3) is 4.72. The molecule has 0 saturated carbocycles. The first-order valence-corrected chi connectivity index (χ1v) is 10.2. The zero-order valence-corrected chi connectivity index (χ0v) is 17.1. The molecular weight excluding hydrogens is 398 g/mol. The van der Waals surface area contributed by atoms with E-state index in [1.165, 1.54) is 11.8 Å². The molecule has 0 aliphatic rings. The lowest BCUT2D eigenvalue weighted by molar-refractivity contribution is -0.116. The smallest absolute Gasteiger partial charge is 0.258 e. The average molecular weight is 417 g/mol. The standard InChI is InChI=1S/C22H19N5O2S/c1-14-13-15(30-22-23-11-4-12-24-22)7-8-17(14)26-20(28)10-9-19-25-18-6-3-2-5-16(18)21(29)27-19/h2-8,11-13H,9-10H2,1H3,(H,26,28)(H,25,27,29). The summed E-state index contributed by atoms with van der Waals surface area (Å²) in [5.74, 6) is 0.362. The lowest BCUT2D eigenvalue weighted by atomic mass is 10.2. The summed E-state index contributed by atoms with van der Waals surface area (Å²) in [6.07, 6.45) is 3.97. The number of aryl methyl sites for hydroxylation is 2. The van der Waals surface area contributed by atoms with E-state index in [9.17, 15) is 9.59 Å². The quantitative estimate of drug-likeness (QED) is 0.464. The Bertz CT molecular complexity index is 1260. The van der Waals surface area contributed by atoms with Crippen LogP contribution in [0.25, 0.3) is 10.9 Å². The van der Waals surface area contributed by atoms with Gasteiger partial charge in [-0.1, -0.05) is 12.1 Å². The molecule has 0 atom stereocenters. The second kappa shape index (κ2) is 8.87. The van der Waals surface area contributed by atoms with E-state index in [2.05, 4.69) is 25.3 Å². The van der Waals surface area contributed by atoms with Gasteiger partial charge in [0.05, 0.1) is 10.9 Å². The Labute approximate surface area is 177 Å². The largest absolute Gasteiger partial charge is 0.326 e. The topological polar surface area (TPSA) is 101 Å². The minimum atomic E-state index is -0.192. The molecule has 150 valence electrons. The molecule has 0 aliphatic carbocycles. The van der Waals surface area contributed by atoms with Crippen molar-refractivity contribution < 1.29 is 4.79 Å². The number of benzene rings is 2. The fraction of sp³-hybridized carbons (Fsp3) is 0.136. The van der Waals surface area contributed by atoms with Gasteiger partial charge in [0.15, 0.2) is 5.16 Å². The summed E-state index contributed by atoms with van der Waals surface area (Å²) in [6.45, 7) is 1.94. The van der Waals surface area contributed by atoms with E-state index in [0.29, 0.717) is 28.3 Å². The first-order chi connectivity index (χ1) is 14.6. The number of hydrogen-bond donors (Lipinski definition) is 2. The first kappa shape index (κ1) is 19.8. The van der Waals surface area contributed by atoms with Gasteiger partial charge >= 0.3 is 0 Å². The Morgan fingerprint density at radius 2 is 1.90 bits per heavy atom. The molecule has 0 saturated heterocycles. The van der Waals surface area contributed by atoms with E-state index in [1.807, 2.05) is 31.2 Å². The van der Waals surface area contributed by atoms with Crippen LogP contribution in [0.2, 0.25) is 0 Å². The highest BCUT2D eigenvalue weighted by molar-refractivity contribution is 7.99. The number of anilines is 1. The molecule has 0 aliphatic heterocycles. The Kier molecular flexibility index (Phi) is 5.85. The van der Waals surface area contributed by atoms with Gasteiger partial charge in [0.1, 0.15) is 5.82 Å². The van der Waals surface area contributed by atoms with Gasteiger partial charge in [-0.25, -0.2) is 15.0 Å². The number of aromatic amines is 1. The molecule has 0 spiro atoms. The molecule has 7 nitrogen and oxygen atoms in total. The van der Waals surface area contributed by atoms with E-state index in [4.69, 9.17) is 0 Å². The number of fused-ring (bicyclic) bond motifs is 1. The molecule has 8 heteroatoms. The number of nitrogens with one attached hydrogen (secondary N) is 2. The molecule has 0 bridgehead atoms. The molecule has 30 heavy (non-hydrogen) atoms. The van der Waals surface area contributed by atoms with Gasteiger partial charge in [-0.3, -0.25) is 9.59 Å². The summed E-state index contributed by atoms with van der Waals surface area (Å²) < 4.78 is 0. The van der Waals surface area contributed by atoms with Gasteiger partial charge in [0.25, 0.3) is 5.56 Å². The molecule has 2 heterocycles. The van der Waals surface area contributed by atoms with Crippen molar-refractivity contribution in [3.63, 3.8) is 0 Å². The monoisotopic (exact) mass is 417 g/mol. The number of rotatable bonds is 6. The second-order valence-corrected chi connectivity index (χ2v) is 7.73. The number of aromatic nitrogens is 4. The number of carbonyl (C=O) groups excluding carboxylic acids is 1. The zero-order valence-electron chi connectivity index (χ0n) is 16.3. The summed E-state index contributed by atoms with van der Waals surface area (Å²) in [5, 5.41) is 4.14. The maximum absolute atomic E-state index is 12.4. The molecule has 2 aromatic heterocycles. The normalized spacial score (nSPS) is 10.8. The van der Waals surface area contributed by atoms with Crippen molar-refractivity contribution in [2.24, 2.45) is 0 Å². The molecule has 1 amide bonds. The Morgan fingerprint density at radius 1 is 1.10 bits per heavy atom. The van der Waals surface area contributed by atoms with Gasteiger partial charge < -0.3 is 10.3 Å². The highest BCUT2D eigenvalue weighted by Gasteiger charge is 2.09. The highest BCUT2D eigenvalue weighted by atomic mass is 32.2. The van der Waals surface area contributed by atoms with Crippen LogP contribution in [0.5, 0.6) is 0 Å².